The number of rotatable bonds is 14. The maximum atomic E-state index is 13.5. The summed E-state index contributed by atoms with van der Waals surface area (Å²) in [6.07, 6.45) is 5.83. The second kappa shape index (κ2) is 13.6. The summed E-state index contributed by atoms with van der Waals surface area (Å²) in [6, 6.07) is 4.83. The van der Waals surface area contributed by atoms with Crippen molar-refractivity contribution in [3.8, 4) is 0 Å². The number of hydrogen-bond donors (Lipinski definition) is 3. The number of amides is 1. The Morgan fingerprint density at radius 2 is 1.90 bits per heavy atom. The lowest BCUT2D eigenvalue weighted by atomic mass is 10.1. The van der Waals surface area contributed by atoms with E-state index in [1.165, 1.54) is 7.11 Å². The van der Waals surface area contributed by atoms with Gasteiger partial charge in [0.2, 0.25) is 17.6 Å². The van der Waals surface area contributed by atoms with Crippen molar-refractivity contribution in [1.29, 1.82) is 0 Å². The topological polar surface area (TPSA) is 161 Å². The van der Waals surface area contributed by atoms with Crippen LogP contribution in [0, 0.1) is 5.92 Å². The SMILES string of the molecule is CCC(NC(=O)[C@H](CS(=O)(=O)CC1CC1)NC(=NC1CCCC1)NSOOC)C(=O)c1nc2ccccc2o1. The van der Waals surface area contributed by atoms with Gasteiger partial charge in [0, 0.05) is 0 Å². The lowest BCUT2D eigenvalue weighted by Crippen LogP contribution is -2.56. The standard InChI is InChI=1S/C25H35N5O7S2/c1-3-18(22(31)24-28-19-10-6-7-11-21(19)36-24)27-23(32)20(15-39(33,34)14-16-12-13-16)29-25(30-38-37-35-2)26-17-8-4-5-9-17/h6-7,10-11,16-18,20H,3-5,8-9,12-15H2,1-2H3,(H,27,32)(H2,26,29,30)/t18?,20-/m0/s1. The molecule has 3 N–H and O–H groups in total. The molecule has 0 bridgehead atoms. The predicted molar refractivity (Wildman–Crippen MR) is 147 cm³/mol. The number of Topliss-reactive ketones (excluding diaryl/α,β-unsaturated/α-hetero) is 1. The van der Waals surface area contributed by atoms with E-state index in [4.69, 9.17) is 8.75 Å². The van der Waals surface area contributed by atoms with Crippen LogP contribution in [0.5, 0.6) is 0 Å². The second-order valence-corrected chi connectivity index (χ2v) is 12.5. The number of para-hydroxylation sites is 2. The number of ketones is 1. The average molecular weight is 582 g/mol. The van der Waals surface area contributed by atoms with Crippen LogP contribution in [-0.2, 0) is 23.9 Å². The van der Waals surface area contributed by atoms with Gasteiger partial charge in [-0.15, -0.1) is 4.33 Å². The summed E-state index contributed by atoms with van der Waals surface area (Å²) in [5, 5.41) is 5.67. The number of carbonyl (C=O) groups is 2. The Balaban J connectivity index is 1.52. The van der Waals surface area contributed by atoms with Gasteiger partial charge in [-0.3, -0.25) is 14.3 Å². The molecular weight excluding hydrogens is 546 g/mol. The molecule has 2 fully saturated rings. The normalized spacial score (nSPS) is 18.2. The lowest BCUT2D eigenvalue weighted by molar-refractivity contribution is -0.160. The number of guanidine groups is 1. The van der Waals surface area contributed by atoms with Gasteiger partial charge in [0.1, 0.15) is 11.6 Å². The number of nitrogens with one attached hydrogen (secondary N) is 3. The fourth-order valence-corrected chi connectivity index (χ4v) is 6.69. The van der Waals surface area contributed by atoms with Gasteiger partial charge in [0.25, 0.3) is 5.89 Å². The first-order valence-corrected chi connectivity index (χ1v) is 15.7. The molecule has 2 aromatic rings. The van der Waals surface area contributed by atoms with Crippen LogP contribution >= 0.6 is 12.2 Å². The van der Waals surface area contributed by atoms with Crippen molar-refractivity contribution in [2.75, 3.05) is 18.6 Å². The minimum Gasteiger partial charge on any atom is -0.434 e. The molecule has 1 aromatic carbocycles. The fourth-order valence-electron chi connectivity index (χ4n) is 4.47. The monoisotopic (exact) mass is 581 g/mol. The molecule has 2 saturated carbocycles. The molecule has 214 valence electrons. The Kier molecular flexibility index (Phi) is 10.2. The van der Waals surface area contributed by atoms with Crippen LogP contribution in [0.3, 0.4) is 0 Å². The third-order valence-corrected chi connectivity index (χ3v) is 8.96. The smallest absolute Gasteiger partial charge is 0.266 e. The number of carbonyl (C=O) groups excluding carboxylic acids is 2. The largest absolute Gasteiger partial charge is 0.434 e. The molecule has 39 heavy (non-hydrogen) atoms. The maximum absolute atomic E-state index is 13.5. The van der Waals surface area contributed by atoms with E-state index in [-0.39, 0.29) is 36.0 Å². The highest BCUT2D eigenvalue weighted by Gasteiger charge is 2.34. The molecule has 0 aliphatic heterocycles. The molecule has 0 saturated heterocycles. The number of sulfone groups is 1. The molecular formula is C25H35N5O7S2. The predicted octanol–water partition coefficient (Wildman–Crippen LogP) is 2.72. The third kappa shape index (κ3) is 8.65. The van der Waals surface area contributed by atoms with Crippen molar-refractivity contribution < 1.29 is 31.6 Å². The zero-order chi connectivity index (χ0) is 27.8. The highest BCUT2D eigenvalue weighted by Crippen LogP contribution is 2.30. The summed E-state index contributed by atoms with van der Waals surface area (Å²) in [6.45, 7) is 1.74. The molecule has 14 heteroatoms. The van der Waals surface area contributed by atoms with Gasteiger partial charge < -0.3 is 15.1 Å². The van der Waals surface area contributed by atoms with Crippen LogP contribution in [0.2, 0.25) is 0 Å². The van der Waals surface area contributed by atoms with Gasteiger partial charge in [-0.25, -0.2) is 23.3 Å². The van der Waals surface area contributed by atoms with E-state index in [2.05, 4.69) is 30.2 Å². The Bertz CT molecular complexity index is 1240. The molecule has 12 nitrogen and oxygen atoms in total. The van der Waals surface area contributed by atoms with Gasteiger partial charge in [-0.2, -0.15) is 0 Å². The summed E-state index contributed by atoms with van der Waals surface area (Å²) >= 11 is 0.738. The van der Waals surface area contributed by atoms with Crippen LogP contribution < -0.4 is 15.4 Å². The first-order valence-electron chi connectivity index (χ1n) is 13.1. The Hall–Kier alpha value is -2.68. The molecule has 1 aromatic heterocycles. The highest BCUT2D eigenvalue weighted by atomic mass is 32.2. The number of aliphatic imine (C=N–C) groups is 1. The Morgan fingerprint density at radius 3 is 2.56 bits per heavy atom. The number of hydrogen-bond acceptors (Lipinski definition) is 10. The van der Waals surface area contributed by atoms with Crippen molar-refractivity contribution in [1.82, 2.24) is 20.3 Å². The minimum atomic E-state index is -3.58. The molecule has 0 spiro atoms. The van der Waals surface area contributed by atoms with Crippen LogP contribution in [-0.4, -0.2) is 67.8 Å². The van der Waals surface area contributed by atoms with E-state index >= 15 is 0 Å². The molecule has 2 aliphatic rings. The minimum absolute atomic E-state index is 0.0154. The summed E-state index contributed by atoms with van der Waals surface area (Å²) in [7, 11) is -2.23. The zero-order valence-electron chi connectivity index (χ0n) is 22.1. The summed E-state index contributed by atoms with van der Waals surface area (Å²) in [5.74, 6) is -1.38. The van der Waals surface area contributed by atoms with E-state index in [0.29, 0.717) is 11.1 Å². The van der Waals surface area contributed by atoms with Crippen LogP contribution in [0.4, 0.5) is 0 Å². The van der Waals surface area contributed by atoms with Crippen molar-refractivity contribution in [2.45, 2.75) is 70.0 Å². The van der Waals surface area contributed by atoms with E-state index in [1.807, 2.05) is 0 Å². The van der Waals surface area contributed by atoms with Crippen molar-refractivity contribution in [3.05, 3.63) is 30.2 Å². The van der Waals surface area contributed by atoms with Crippen molar-refractivity contribution in [2.24, 2.45) is 10.9 Å². The molecule has 1 unspecified atom stereocenters. The quantitative estimate of drug-likeness (QED) is 0.0440. The highest BCUT2D eigenvalue weighted by molar-refractivity contribution is 7.93. The lowest BCUT2D eigenvalue weighted by Gasteiger charge is -2.23. The van der Waals surface area contributed by atoms with E-state index in [9.17, 15) is 18.0 Å². The first-order chi connectivity index (χ1) is 18.8. The fraction of sp³-hybridized carbons (Fsp3) is 0.600. The van der Waals surface area contributed by atoms with E-state index < -0.39 is 39.4 Å². The van der Waals surface area contributed by atoms with Gasteiger partial charge in [0.15, 0.2) is 27.6 Å². The molecule has 1 heterocycles. The number of fused-ring (bicyclic) bond motifs is 1. The van der Waals surface area contributed by atoms with Gasteiger partial charge in [0.05, 0.1) is 30.7 Å². The third-order valence-electron chi connectivity index (χ3n) is 6.66. The molecule has 2 atom stereocenters. The van der Waals surface area contributed by atoms with Crippen LogP contribution in [0.1, 0.15) is 62.6 Å². The van der Waals surface area contributed by atoms with E-state index in [1.54, 1.807) is 31.2 Å². The Morgan fingerprint density at radius 1 is 1.15 bits per heavy atom. The molecule has 0 radical (unpaired) electrons. The van der Waals surface area contributed by atoms with Crippen molar-refractivity contribution >= 4 is 50.8 Å². The second-order valence-electron chi connectivity index (χ2n) is 9.87. The molecule has 2 aliphatic carbocycles. The van der Waals surface area contributed by atoms with Crippen LogP contribution in [0.15, 0.2) is 33.7 Å². The zero-order valence-corrected chi connectivity index (χ0v) is 23.7. The van der Waals surface area contributed by atoms with Gasteiger partial charge >= 0.3 is 0 Å². The number of nitrogens with zero attached hydrogens (tertiary/aromatic N) is 2. The van der Waals surface area contributed by atoms with Gasteiger partial charge in [-0.1, -0.05) is 31.9 Å². The summed E-state index contributed by atoms with van der Waals surface area (Å²) in [4.78, 5) is 40.2. The van der Waals surface area contributed by atoms with Crippen molar-refractivity contribution in [3.63, 3.8) is 0 Å². The van der Waals surface area contributed by atoms with E-state index in [0.717, 1.165) is 50.8 Å². The number of benzene rings is 1. The summed E-state index contributed by atoms with van der Waals surface area (Å²) in [5.41, 5.74) is 0.990. The van der Waals surface area contributed by atoms with Crippen LogP contribution in [0.25, 0.3) is 11.1 Å². The molecule has 1 amide bonds. The summed E-state index contributed by atoms with van der Waals surface area (Å²) < 4.78 is 39.2. The average Bonchev–Trinajstić information content (AvgIpc) is 3.37. The first kappa shape index (κ1) is 29.3. The Labute approximate surface area is 232 Å². The molecule has 4 rings (SSSR count). The van der Waals surface area contributed by atoms with Gasteiger partial charge in [-0.05, 0) is 50.2 Å². The maximum Gasteiger partial charge on any atom is 0.266 e. The number of oxazole rings is 1. The number of aromatic nitrogens is 1.